The Morgan fingerprint density at radius 1 is 1.43 bits per heavy atom. The van der Waals surface area contributed by atoms with Gasteiger partial charge in [0, 0.05) is 0 Å². The highest BCUT2D eigenvalue weighted by Crippen LogP contribution is 2.25. The molecule has 0 aromatic rings. The number of phosphoric acid groups is 1. The number of allylic oxidation sites excluding steroid dienone is 1. The molecule has 0 saturated heterocycles. The van der Waals surface area contributed by atoms with Crippen LogP contribution in [0.2, 0.25) is 0 Å². The molecule has 0 saturated carbocycles. The highest BCUT2D eigenvalue weighted by atomic mass is 31.2. The van der Waals surface area contributed by atoms with Gasteiger partial charge in [-0.2, -0.15) is 0 Å². The standard InChI is InChI=1S/C6H10O3.H3O4P/c1-3-5(6(7)8)9-4-2;1-5(2,3)4/h3H,4H2,1-2H3,(H,7,8);(H3,1,2,3,4). The van der Waals surface area contributed by atoms with Gasteiger partial charge in [0.15, 0.2) is 5.76 Å². The average Bonchev–Trinajstić information content (AvgIpc) is 1.96. The number of hydrogen-bond donors (Lipinski definition) is 4. The van der Waals surface area contributed by atoms with Crippen LogP contribution in [0.15, 0.2) is 11.8 Å². The minimum atomic E-state index is -4.64. The predicted molar refractivity (Wildman–Crippen MR) is 47.3 cm³/mol. The molecule has 84 valence electrons. The molecular weight excluding hydrogens is 215 g/mol. The maximum Gasteiger partial charge on any atom is 0.466 e. The van der Waals surface area contributed by atoms with Crippen molar-refractivity contribution in [3.8, 4) is 0 Å². The predicted octanol–water partition coefficient (Wildman–Crippen LogP) is 0.0827. The molecule has 0 aliphatic carbocycles. The lowest BCUT2D eigenvalue weighted by Gasteiger charge is -1.99. The molecule has 4 N–H and O–H groups in total. The summed E-state index contributed by atoms with van der Waals surface area (Å²) in [5, 5.41) is 8.31. The Morgan fingerprint density at radius 3 is 1.86 bits per heavy atom. The monoisotopic (exact) mass is 228 g/mol. The number of rotatable bonds is 3. The van der Waals surface area contributed by atoms with E-state index in [1.165, 1.54) is 6.08 Å². The highest BCUT2D eigenvalue weighted by molar-refractivity contribution is 7.45. The van der Waals surface area contributed by atoms with Crippen LogP contribution in [-0.4, -0.2) is 32.4 Å². The van der Waals surface area contributed by atoms with E-state index in [0.717, 1.165) is 0 Å². The molecule has 0 rings (SSSR count). The molecule has 0 bridgehead atoms. The summed E-state index contributed by atoms with van der Waals surface area (Å²) in [6.45, 7) is 3.76. The lowest BCUT2D eigenvalue weighted by atomic mass is 10.5. The molecule has 7 nitrogen and oxygen atoms in total. The first-order valence-electron chi connectivity index (χ1n) is 3.53. The normalized spacial score (nSPS) is 11.4. The van der Waals surface area contributed by atoms with Gasteiger partial charge in [0.2, 0.25) is 0 Å². The Morgan fingerprint density at radius 2 is 1.79 bits per heavy atom. The molecule has 0 aliphatic rings. The fraction of sp³-hybridized carbons (Fsp3) is 0.500. The molecule has 0 fully saturated rings. The second-order valence-electron chi connectivity index (χ2n) is 1.90. The van der Waals surface area contributed by atoms with Crippen LogP contribution in [-0.2, 0) is 14.1 Å². The molecule has 14 heavy (non-hydrogen) atoms. The van der Waals surface area contributed by atoms with Gasteiger partial charge in [-0.3, -0.25) is 0 Å². The first-order valence-corrected chi connectivity index (χ1v) is 5.09. The van der Waals surface area contributed by atoms with E-state index in [0.29, 0.717) is 6.61 Å². The van der Waals surface area contributed by atoms with Crippen molar-refractivity contribution >= 4 is 13.8 Å². The van der Waals surface area contributed by atoms with Crippen LogP contribution in [0.25, 0.3) is 0 Å². The molecule has 0 amide bonds. The third kappa shape index (κ3) is 17.3. The van der Waals surface area contributed by atoms with Crippen molar-refractivity contribution in [2.75, 3.05) is 6.61 Å². The summed E-state index contributed by atoms with van der Waals surface area (Å²) in [4.78, 5) is 31.7. The second kappa shape index (κ2) is 7.52. The van der Waals surface area contributed by atoms with Crippen LogP contribution < -0.4 is 0 Å². The van der Waals surface area contributed by atoms with Crippen molar-refractivity contribution in [3.05, 3.63) is 11.8 Å². The number of ether oxygens (including phenoxy) is 1. The summed E-state index contributed by atoms with van der Waals surface area (Å²) in [7, 11) is -4.64. The van der Waals surface area contributed by atoms with Gasteiger partial charge in [-0.15, -0.1) is 0 Å². The summed E-state index contributed by atoms with van der Waals surface area (Å²) in [5.74, 6) is -1.00. The fourth-order valence-electron chi connectivity index (χ4n) is 0.424. The van der Waals surface area contributed by atoms with Gasteiger partial charge in [-0.05, 0) is 19.9 Å². The van der Waals surface area contributed by atoms with Crippen molar-refractivity contribution in [2.24, 2.45) is 0 Å². The van der Waals surface area contributed by atoms with Crippen molar-refractivity contribution < 1.29 is 33.9 Å². The summed E-state index contributed by atoms with van der Waals surface area (Å²) < 4.78 is 13.6. The third-order valence-electron chi connectivity index (χ3n) is 0.773. The quantitative estimate of drug-likeness (QED) is 0.306. The fourth-order valence-corrected chi connectivity index (χ4v) is 0.424. The van der Waals surface area contributed by atoms with Gasteiger partial charge < -0.3 is 24.5 Å². The van der Waals surface area contributed by atoms with Gasteiger partial charge in [0.25, 0.3) is 0 Å². The summed E-state index contributed by atoms with van der Waals surface area (Å²) in [6, 6.07) is 0. The van der Waals surface area contributed by atoms with Crippen molar-refractivity contribution in [1.82, 2.24) is 0 Å². The van der Waals surface area contributed by atoms with E-state index in [1.807, 2.05) is 0 Å². The minimum Gasteiger partial charge on any atom is -0.487 e. The van der Waals surface area contributed by atoms with Crippen LogP contribution in [0.5, 0.6) is 0 Å². The Bertz CT molecular complexity index is 232. The van der Waals surface area contributed by atoms with Crippen molar-refractivity contribution in [1.29, 1.82) is 0 Å². The average molecular weight is 228 g/mol. The lowest BCUT2D eigenvalue weighted by Crippen LogP contribution is -2.03. The zero-order chi connectivity index (χ0) is 11.8. The molecule has 0 aromatic heterocycles. The molecule has 0 atom stereocenters. The summed E-state index contributed by atoms with van der Waals surface area (Å²) in [5.41, 5.74) is 0. The summed E-state index contributed by atoms with van der Waals surface area (Å²) >= 11 is 0. The number of carboxylic acids is 1. The Kier molecular flexibility index (Phi) is 8.37. The van der Waals surface area contributed by atoms with Crippen LogP contribution in [0, 0.1) is 0 Å². The number of aliphatic carboxylic acids is 1. The molecule has 0 aromatic carbocycles. The van der Waals surface area contributed by atoms with E-state index < -0.39 is 13.8 Å². The highest BCUT2D eigenvalue weighted by Gasteiger charge is 2.03. The molecule has 0 radical (unpaired) electrons. The first-order chi connectivity index (χ1) is 6.22. The Balaban J connectivity index is 0. The topological polar surface area (TPSA) is 124 Å². The van der Waals surface area contributed by atoms with E-state index in [4.69, 9.17) is 29.1 Å². The molecule has 0 unspecified atom stereocenters. The Labute approximate surface area is 80.9 Å². The molecule has 0 spiro atoms. The first kappa shape index (κ1) is 15.6. The van der Waals surface area contributed by atoms with Crippen LogP contribution in [0.1, 0.15) is 13.8 Å². The second-order valence-corrected chi connectivity index (χ2v) is 2.93. The smallest absolute Gasteiger partial charge is 0.466 e. The van der Waals surface area contributed by atoms with Gasteiger partial charge in [0.1, 0.15) is 0 Å². The lowest BCUT2D eigenvalue weighted by molar-refractivity contribution is -0.136. The van der Waals surface area contributed by atoms with Gasteiger partial charge in [0.05, 0.1) is 6.61 Å². The van der Waals surface area contributed by atoms with Crippen LogP contribution in [0.4, 0.5) is 0 Å². The molecule has 0 heterocycles. The molecular formula is C6H13O7P. The zero-order valence-corrected chi connectivity index (χ0v) is 8.64. The maximum atomic E-state index is 10.1. The van der Waals surface area contributed by atoms with Gasteiger partial charge >= 0.3 is 13.8 Å². The van der Waals surface area contributed by atoms with E-state index in [9.17, 15) is 4.79 Å². The van der Waals surface area contributed by atoms with Gasteiger partial charge in [-0.1, -0.05) is 0 Å². The number of carbonyl (C=O) groups is 1. The van der Waals surface area contributed by atoms with E-state index in [-0.39, 0.29) is 5.76 Å². The van der Waals surface area contributed by atoms with Crippen LogP contribution >= 0.6 is 7.82 Å². The molecule has 8 heteroatoms. The third-order valence-corrected chi connectivity index (χ3v) is 0.773. The number of hydrogen-bond acceptors (Lipinski definition) is 3. The van der Waals surface area contributed by atoms with Crippen molar-refractivity contribution in [3.63, 3.8) is 0 Å². The largest absolute Gasteiger partial charge is 0.487 e. The van der Waals surface area contributed by atoms with E-state index >= 15 is 0 Å². The summed E-state index contributed by atoms with van der Waals surface area (Å²) in [6.07, 6.45) is 1.42. The van der Waals surface area contributed by atoms with Crippen LogP contribution in [0.3, 0.4) is 0 Å². The molecule has 0 aliphatic heterocycles. The number of carboxylic acid groups (broad SMARTS) is 1. The van der Waals surface area contributed by atoms with E-state index in [2.05, 4.69) is 0 Å². The SMILES string of the molecule is CC=C(OCC)C(=O)O.O=P(O)(O)O. The zero-order valence-electron chi connectivity index (χ0n) is 7.75. The van der Waals surface area contributed by atoms with Crippen molar-refractivity contribution in [2.45, 2.75) is 13.8 Å². The van der Waals surface area contributed by atoms with Gasteiger partial charge in [-0.25, -0.2) is 9.36 Å². The van der Waals surface area contributed by atoms with E-state index in [1.54, 1.807) is 13.8 Å². The Hall–Kier alpha value is -0.880. The minimum absolute atomic E-state index is 0.0116. The maximum absolute atomic E-state index is 10.1.